The van der Waals surface area contributed by atoms with Gasteiger partial charge in [0, 0.05) is 18.0 Å². The fraction of sp³-hybridized carbons (Fsp3) is 0.529. The molecule has 3 nitrogen and oxygen atoms in total. The lowest BCUT2D eigenvalue weighted by Crippen LogP contribution is -1.96. The molecule has 0 aliphatic carbocycles. The first kappa shape index (κ1) is 28.9. The highest BCUT2D eigenvalue weighted by Crippen LogP contribution is 2.21. The lowest BCUT2D eigenvalue weighted by molar-refractivity contribution is 0.306. The zero-order chi connectivity index (χ0) is 26.0. The van der Waals surface area contributed by atoms with Crippen LogP contribution in [0.2, 0.25) is 0 Å². The van der Waals surface area contributed by atoms with Crippen molar-refractivity contribution in [1.82, 2.24) is 9.97 Å². The quantitative estimate of drug-likeness (QED) is 0.154. The molecule has 0 atom stereocenters. The third kappa shape index (κ3) is 11.5. The number of aryl methyl sites for hydroxylation is 2. The Labute approximate surface area is 226 Å². The summed E-state index contributed by atoms with van der Waals surface area (Å²) in [7, 11) is 0. The minimum atomic E-state index is 0.583. The van der Waals surface area contributed by atoms with Gasteiger partial charge in [-0.3, -0.25) is 0 Å². The first-order valence-electron chi connectivity index (χ1n) is 14.9. The molecule has 0 saturated heterocycles. The molecular formula is C34H48N2O. The van der Waals surface area contributed by atoms with Crippen molar-refractivity contribution in [2.24, 2.45) is 0 Å². The largest absolute Gasteiger partial charge is 0.489 e. The second-order valence-corrected chi connectivity index (χ2v) is 10.4. The highest BCUT2D eigenvalue weighted by Gasteiger charge is 2.04. The summed E-state index contributed by atoms with van der Waals surface area (Å²) < 4.78 is 6.02. The predicted octanol–water partition coefficient (Wildman–Crippen LogP) is 9.92. The lowest BCUT2D eigenvalue weighted by atomic mass is 10.0. The number of rotatable bonds is 19. The third-order valence-corrected chi connectivity index (χ3v) is 7.13. The third-order valence-electron chi connectivity index (χ3n) is 7.13. The molecule has 37 heavy (non-hydrogen) atoms. The van der Waals surface area contributed by atoms with Crippen LogP contribution in [0.5, 0.6) is 5.75 Å². The molecule has 3 rings (SSSR count). The number of aromatic nitrogens is 2. The molecule has 0 radical (unpaired) electrons. The number of ether oxygens (including phenoxy) is 1. The van der Waals surface area contributed by atoms with Gasteiger partial charge in [-0.2, -0.15) is 0 Å². The van der Waals surface area contributed by atoms with Crippen molar-refractivity contribution < 1.29 is 4.74 Å². The van der Waals surface area contributed by atoms with Crippen LogP contribution in [0.15, 0.2) is 60.9 Å². The summed E-state index contributed by atoms with van der Waals surface area (Å²) in [5.41, 5.74) is 4.88. The van der Waals surface area contributed by atoms with Crippen LogP contribution in [0.3, 0.4) is 0 Å². The molecule has 0 spiro atoms. The fourth-order valence-electron chi connectivity index (χ4n) is 4.70. The Morgan fingerprint density at radius 1 is 0.514 bits per heavy atom. The molecule has 0 unspecified atom stereocenters. The minimum Gasteiger partial charge on any atom is -0.489 e. The molecule has 1 heterocycles. The second kappa shape index (κ2) is 17.7. The molecule has 0 fully saturated rings. The highest BCUT2D eigenvalue weighted by atomic mass is 16.5. The summed E-state index contributed by atoms with van der Waals surface area (Å²) in [4.78, 5) is 9.23. The molecule has 0 saturated carbocycles. The SMILES string of the molecule is CCCCCCCCCCc1cnc(-c2ccc(OCc3ccc(CCCCCCC)cc3)cc2)nc1. The van der Waals surface area contributed by atoms with Crippen LogP contribution in [-0.2, 0) is 19.4 Å². The van der Waals surface area contributed by atoms with E-state index in [0.717, 1.165) is 23.6 Å². The number of hydrogen-bond donors (Lipinski definition) is 0. The van der Waals surface area contributed by atoms with Gasteiger partial charge in [0.25, 0.3) is 0 Å². The molecule has 0 bridgehead atoms. The maximum atomic E-state index is 6.02. The van der Waals surface area contributed by atoms with E-state index >= 15 is 0 Å². The van der Waals surface area contributed by atoms with Gasteiger partial charge in [-0.05, 0) is 66.6 Å². The van der Waals surface area contributed by atoms with Crippen molar-refractivity contribution in [2.75, 3.05) is 0 Å². The van der Waals surface area contributed by atoms with Crippen LogP contribution >= 0.6 is 0 Å². The van der Waals surface area contributed by atoms with Crippen molar-refractivity contribution in [3.63, 3.8) is 0 Å². The van der Waals surface area contributed by atoms with E-state index in [4.69, 9.17) is 4.74 Å². The number of unbranched alkanes of at least 4 members (excludes halogenated alkanes) is 11. The van der Waals surface area contributed by atoms with E-state index in [0.29, 0.717) is 6.61 Å². The van der Waals surface area contributed by atoms with Crippen molar-refractivity contribution in [3.05, 3.63) is 77.6 Å². The van der Waals surface area contributed by atoms with E-state index in [1.54, 1.807) is 0 Å². The van der Waals surface area contributed by atoms with Crippen LogP contribution in [0.4, 0.5) is 0 Å². The number of hydrogen-bond acceptors (Lipinski definition) is 3. The van der Waals surface area contributed by atoms with E-state index in [-0.39, 0.29) is 0 Å². The molecule has 0 N–H and O–H groups in total. The Morgan fingerprint density at radius 3 is 1.57 bits per heavy atom. The normalized spacial score (nSPS) is 11.1. The Bertz CT molecular complexity index is 964. The maximum absolute atomic E-state index is 6.02. The summed E-state index contributed by atoms with van der Waals surface area (Å²) >= 11 is 0. The molecule has 0 aliphatic heterocycles. The van der Waals surface area contributed by atoms with E-state index in [1.165, 1.54) is 107 Å². The summed E-state index contributed by atoms with van der Waals surface area (Å²) in [6.45, 7) is 5.12. The van der Waals surface area contributed by atoms with Crippen molar-refractivity contribution in [3.8, 4) is 17.1 Å². The fourth-order valence-corrected chi connectivity index (χ4v) is 4.70. The first-order valence-corrected chi connectivity index (χ1v) is 14.9. The molecule has 0 amide bonds. The smallest absolute Gasteiger partial charge is 0.159 e. The molecule has 3 heteroatoms. The average molecular weight is 501 g/mol. The Hall–Kier alpha value is -2.68. The summed E-state index contributed by atoms with van der Waals surface area (Å²) in [5, 5.41) is 0. The van der Waals surface area contributed by atoms with Gasteiger partial charge in [-0.25, -0.2) is 9.97 Å². The van der Waals surface area contributed by atoms with Crippen molar-refractivity contribution in [1.29, 1.82) is 0 Å². The van der Waals surface area contributed by atoms with Gasteiger partial charge >= 0.3 is 0 Å². The Kier molecular flexibility index (Phi) is 13.8. The van der Waals surface area contributed by atoms with Gasteiger partial charge < -0.3 is 4.74 Å². The minimum absolute atomic E-state index is 0.583. The van der Waals surface area contributed by atoms with Crippen LogP contribution in [0, 0.1) is 0 Å². The topological polar surface area (TPSA) is 35.0 Å². The summed E-state index contributed by atoms with van der Waals surface area (Å²) in [6.07, 6.45) is 23.6. The monoisotopic (exact) mass is 500 g/mol. The van der Waals surface area contributed by atoms with Gasteiger partial charge in [-0.15, -0.1) is 0 Å². The molecular weight excluding hydrogens is 452 g/mol. The van der Waals surface area contributed by atoms with Gasteiger partial charge in [0.15, 0.2) is 5.82 Å². The van der Waals surface area contributed by atoms with Crippen LogP contribution < -0.4 is 4.74 Å². The number of benzene rings is 2. The van der Waals surface area contributed by atoms with E-state index in [1.807, 2.05) is 36.7 Å². The predicted molar refractivity (Wildman–Crippen MR) is 157 cm³/mol. The number of nitrogens with zero attached hydrogens (tertiary/aromatic N) is 2. The van der Waals surface area contributed by atoms with Crippen LogP contribution in [0.1, 0.15) is 114 Å². The second-order valence-electron chi connectivity index (χ2n) is 10.4. The Morgan fingerprint density at radius 2 is 1.00 bits per heavy atom. The summed E-state index contributed by atoms with van der Waals surface area (Å²) in [6, 6.07) is 17.0. The molecule has 2 aromatic carbocycles. The van der Waals surface area contributed by atoms with Gasteiger partial charge in [0.1, 0.15) is 12.4 Å². The lowest BCUT2D eigenvalue weighted by Gasteiger charge is -2.08. The standard InChI is InChI=1S/C34H48N2O/c1-3-5-7-9-10-11-13-15-17-31-26-35-34(36-27-31)32-22-24-33(25-23-32)37-28-30-20-18-29(19-21-30)16-14-12-8-6-4-2/h18-27H,3-17,28H2,1-2H3. The zero-order valence-corrected chi connectivity index (χ0v) is 23.4. The van der Waals surface area contributed by atoms with Crippen molar-refractivity contribution >= 4 is 0 Å². The van der Waals surface area contributed by atoms with E-state index in [2.05, 4.69) is 48.1 Å². The average Bonchev–Trinajstić information content (AvgIpc) is 2.94. The summed E-state index contributed by atoms with van der Waals surface area (Å²) in [5.74, 6) is 1.64. The van der Waals surface area contributed by atoms with Crippen LogP contribution in [0.25, 0.3) is 11.4 Å². The van der Waals surface area contributed by atoms with Crippen LogP contribution in [-0.4, -0.2) is 9.97 Å². The molecule has 200 valence electrons. The van der Waals surface area contributed by atoms with E-state index < -0.39 is 0 Å². The highest BCUT2D eigenvalue weighted by molar-refractivity contribution is 5.55. The molecule has 3 aromatic rings. The van der Waals surface area contributed by atoms with E-state index in [9.17, 15) is 0 Å². The molecule has 1 aromatic heterocycles. The zero-order valence-electron chi connectivity index (χ0n) is 23.4. The van der Waals surface area contributed by atoms with Gasteiger partial charge in [0.2, 0.25) is 0 Å². The van der Waals surface area contributed by atoms with Gasteiger partial charge in [0.05, 0.1) is 0 Å². The molecule has 0 aliphatic rings. The van der Waals surface area contributed by atoms with Crippen molar-refractivity contribution in [2.45, 2.75) is 117 Å². The Balaban J connectivity index is 1.35. The first-order chi connectivity index (χ1) is 18.3. The maximum Gasteiger partial charge on any atom is 0.159 e. The van der Waals surface area contributed by atoms with Gasteiger partial charge in [-0.1, -0.05) is 109 Å².